The Kier molecular flexibility index (Phi) is 5.70. The molecule has 2 aromatic rings. The van der Waals surface area contributed by atoms with Crippen molar-refractivity contribution in [2.45, 2.75) is 32.1 Å². The molecule has 10 nitrogen and oxygen atoms in total. The molecular weight excluding hydrogens is 400 g/mol. The van der Waals surface area contributed by atoms with E-state index in [1.54, 1.807) is 31.2 Å². The van der Waals surface area contributed by atoms with Crippen LogP contribution in [0, 0.1) is 0 Å². The number of nitrogens with zero attached hydrogens (tertiary/aromatic N) is 3. The monoisotopic (exact) mass is 424 g/mol. The number of anilines is 4. The number of esters is 1. The van der Waals surface area contributed by atoms with Gasteiger partial charge in [0.15, 0.2) is 0 Å². The van der Waals surface area contributed by atoms with Crippen LogP contribution in [0.1, 0.15) is 48.0 Å². The first-order valence-electron chi connectivity index (χ1n) is 10.3. The molecule has 0 spiro atoms. The summed E-state index contributed by atoms with van der Waals surface area (Å²) in [7, 11) is 0. The van der Waals surface area contributed by atoms with E-state index in [1.165, 1.54) is 0 Å². The predicted molar refractivity (Wildman–Crippen MR) is 115 cm³/mol. The lowest BCUT2D eigenvalue weighted by molar-refractivity contribution is -0.123. The number of nitrogens with two attached hydrogens (primary N) is 1. The molecule has 3 heterocycles. The van der Waals surface area contributed by atoms with Crippen molar-refractivity contribution in [1.82, 2.24) is 9.97 Å². The number of fused-ring (bicyclic) bond motifs is 1. The number of amides is 2. The van der Waals surface area contributed by atoms with Gasteiger partial charge >= 0.3 is 5.97 Å². The molecule has 162 valence electrons. The lowest BCUT2D eigenvalue weighted by atomic mass is 9.92. The standard InChI is InChI=1S/C21H24N6O4/c1-2-31-20(30)12-5-7-13(8-6-12)23-19(29)14-11-15(28)24-18-16(14)17(22)25-21(26-18)27-9-3-4-10-27/h5-8,14H,2-4,9-11H2,1H3,(H,23,29)(H3,22,24,25,26,28)/t14-/m0/s1. The highest BCUT2D eigenvalue weighted by molar-refractivity contribution is 6.05. The van der Waals surface area contributed by atoms with Crippen LogP contribution in [0.25, 0.3) is 0 Å². The third-order valence-corrected chi connectivity index (χ3v) is 5.33. The summed E-state index contributed by atoms with van der Waals surface area (Å²) in [5, 5.41) is 5.49. The first kappa shape index (κ1) is 20.6. The number of rotatable bonds is 5. The normalized spacial score (nSPS) is 17.6. The van der Waals surface area contributed by atoms with E-state index in [2.05, 4.69) is 20.6 Å². The van der Waals surface area contributed by atoms with E-state index in [-0.39, 0.29) is 30.6 Å². The van der Waals surface area contributed by atoms with Gasteiger partial charge in [0.05, 0.1) is 23.7 Å². The van der Waals surface area contributed by atoms with E-state index in [0.29, 0.717) is 22.8 Å². The van der Waals surface area contributed by atoms with Crippen LogP contribution in [-0.2, 0) is 14.3 Å². The summed E-state index contributed by atoms with van der Waals surface area (Å²) in [5.41, 5.74) is 7.49. The Morgan fingerprint density at radius 3 is 2.61 bits per heavy atom. The summed E-state index contributed by atoms with van der Waals surface area (Å²) in [6, 6.07) is 6.33. The van der Waals surface area contributed by atoms with Gasteiger partial charge in [-0.15, -0.1) is 0 Å². The SMILES string of the molecule is CCOC(=O)c1ccc(NC(=O)[C@H]2CC(=O)Nc3nc(N4CCCC4)nc(N)c32)cc1. The van der Waals surface area contributed by atoms with Gasteiger partial charge in [-0.05, 0) is 44.0 Å². The van der Waals surface area contributed by atoms with Crippen molar-refractivity contribution in [2.24, 2.45) is 0 Å². The first-order chi connectivity index (χ1) is 15.0. The highest BCUT2D eigenvalue weighted by Crippen LogP contribution is 2.37. The van der Waals surface area contributed by atoms with E-state index in [1.807, 2.05) is 4.90 Å². The van der Waals surface area contributed by atoms with Gasteiger partial charge in [0.2, 0.25) is 17.8 Å². The summed E-state index contributed by atoms with van der Waals surface area (Å²) in [6.45, 7) is 3.67. The van der Waals surface area contributed by atoms with E-state index in [4.69, 9.17) is 10.5 Å². The Morgan fingerprint density at radius 1 is 1.23 bits per heavy atom. The fraction of sp³-hybridized carbons (Fsp3) is 0.381. The molecule has 1 fully saturated rings. The minimum Gasteiger partial charge on any atom is -0.462 e. The molecule has 2 amide bonds. The Labute approximate surface area is 179 Å². The lowest BCUT2D eigenvalue weighted by Crippen LogP contribution is -2.33. The zero-order valence-corrected chi connectivity index (χ0v) is 17.2. The summed E-state index contributed by atoms with van der Waals surface area (Å²) in [5.74, 6) is -1.03. The summed E-state index contributed by atoms with van der Waals surface area (Å²) in [6.07, 6.45) is 2.04. The number of nitrogens with one attached hydrogen (secondary N) is 2. The first-order valence-corrected chi connectivity index (χ1v) is 10.3. The van der Waals surface area contributed by atoms with Crippen molar-refractivity contribution in [1.29, 1.82) is 0 Å². The van der Waals surface area contributed by atoms with Crippen molar-refractivity contribution in [3.05, 3.63) is 35.4 Å². The van der Waals surface area contributed by atoms with E-state index < -0.39 is 17.8 Å². The highest BCUT2D eigenvalue weighted by atomic mass is 16.5. The molecule has 1 saturated heterocycles. The largest absolute Gasteiger partial charge is 0.462 e. The van der Waals surface area contributed by atoms with Crippen LogP contribution in [0.5, 0.6) is 0 Å². The average molecular weight is 424 g/mol. The van der Waals surface area contributed by atoms with E-state index in [9.17, 15) is 14.4 Å². The maximum Gasteiger partial charge on any atom is 0.338 e. The van der Waals surface area contributed by atoms with Crippen molar-refractivity contribution in [3.8, 4) is 0 Å². The van der Waals surface area contributed by atoms with Gasteiger partial charge in [0.25, 0.3) is 0 Å². The molecule has 0 saturated carbocycles. The molecule has 1 atom stereocenters. The van der Waals surface area contributed by atoms with Crippen LogP contribution in [0.2, 0.25) is 0 Å². The van der Waals surface area contributed by atoms with Crippen LogP contribution >= 0.6 is 0 Å². The van der Waals surface area contributed by atoms with Gasteiger partial charge < -0.3 is 26.0 Å². The number of carbonyl (C=O) groups excluding carboxylic acids is 3. The molecule has 0 radical (unpaired) electrons. The molecule has 0 aliphatic carbocycles. The number of ether oxygens (including phenoxy) is 1. The average Bonchev–Trinajstić information content (AvgIpc) is 3.28. The number of benzene rings is 1. The van der Waals surface area contributed by atoms with Crippen molar-refractivity contribution >= 4 is 41.1 Å². The smallest absolute Gasteiger partial charge is 0.338 e. The third-order valence-electron chi connectivity index (χ3n) is 5.33. The Morgan fingerprint density at radius 2 is 1.94 bits per heavy atom. The molecule has 1 aromatic heterocycles. The maximum absolute atomic E-state index is 13.0. The predicted octanol–water partition coefficient (Wildman–Crippen LogP) is 1.90. The van der Waals surface area contributed by atoms with Crippen molar-refractivity contribution in [3.63, 3.8) is 0 Å². The minimum absolute atomic E-state index is 0.0592. The van der Waals surface area contributed by atoms with Crippen LogP contribution < -0.4 is 21.3 Å². The number of carbonyl (C=O) groups is 3. The van der Waals surface area contributed by atoms with Gasteiger partial charge in [-0.1, -0.05) is 0 Å². The molecule has 1 aromatic carbocycles. The Balaban J connectivity index is 1.55. The molecular formula is C21H24N6O4. The van der Waals surface area contributed by atoms with Gasteiger partial charge in [-0.3, -0.25) is 9.59 Å². The second-order valence-corrected chi connectivity index (χ2v) is 7.46. The van der Waals surface area contributed by atoms with Crippen molar-refractivity contribution < 1.29 is 19.1 Å². The minimum atomic E-state index is -0.818. The lowest BCUT2D eigenvalue weighted by Gasteiger charge is -2.26. The quantitative estimate of drug-likeness (QED) is 0.619. The number of hydrogen-bond acceptors (Lipinski definition) is 8. The van der Waals surface area contributed by atoms with Crippen LogP contribution in [0.15, 0.2) is 24.3 Å². The van der Waals surface area contributed by atoms with Gasteiger partial charge in [0, 0.05) is 25.2 Å². The number of hydrogen-bond donors (Lipinski definition) is 3. The summed E-state index contributed by atoms with van der Waals surface area (Å²) >= 11 is 0. The van der Waals surface area contributed by atoms with Crippen LogP contribution in [-0.4, -0.2) is 47.4 Å². The molecule has 2 aliphatic heterocycles. The second-order valence-electron chi connectivity index (χ2n) is 7.46. The number of aromatic nitrogens is 2. The third kappa shape index (κ3) is 4.27. The Bertz CT molecular complexity index is 1020. The van der Waals surface area contributed by atoms with Crippen molar-refractivity contribution in [2.75, 3.05) is 41.0 Å². The molecule has 2 aliphatic rings. The van der Waals surface area contributed by atoms with Crippen LogP contribution in [0.3, 0.4) is 0 Å². The number of nitrogen functional groups attached to an aromatic ring is 1. The van der Waals surface area contributed by atoms with Gasteiger partial charge in [-0.25, -0.2) is 4.79 Å². The fourth-order valence-electron chi connectivity index (χ4n) is 3.80. The van der Waals surface area contributed by atoms with E-state index in [0.717, 1.165) is 25.9 Å². The zero-order chi connectivity index (χ0) is 22.0. The molecule has 10 heteroatoms. The summed E-state index contributed by atoms with van der Waals surface area (Å²) in [4.78, 5) is 47.9. The summed E-state index contributed by atoms with van der Waals surface area (Å²) < 4.78 is 4.95. The van der Waals surface area contributed by atoms with E-state index >= 15 is 0 Å². The maximum atomic E-state index is 13.0. The molecule has 4 rings (SSSR count). The van der Waals surface area contributed by atoms with Crippen LogP contribution in [0.4, 0.5) is 23.3 Å². The Hall–Kier alpha value is -3.69. The zero-order valence-electron chi connectivity index (χ0n) is 17.2. The van der Waals surface area contributed by atoms with Gasteiger partial charge in [-0.2, -0.15) is 9.97 Å². The molecule has 0 bridgehead atoms. The molecule has 31 heavy (non-hydrogen) atoms. The second kappa shape index (κ2) is 8.58. The van der Waals surface area contributed by atoms with Gasteiger partial charge in [0.1, 0.15) is 11.6 Å². The molecule has 0 unspecified atom stereocenters. The molecule has 4 N–H and O–H groups in total. The fourth-order valence-corrected chi connectivity index (χ4v) is 3.80. The topological polar surface area (TPSA) is 140 Å². The highest BCUT2D eigenvalue weighted by Gasteiger charge is 2.35.